The topological polar surface area (TPSA) is 67.5 Å². The van der Waals surface area contributed by atoms with E-state index in [1.54, 1.807) is 0 Å². The molecule has 3 N–H and O–H groups in total. The van der Waals surface area contributed by atoms with Crippen LogP contribution < -0.4 is 11.1 Å². The summed E-state index contributed by atoms with van der Waals surface area (Å²) in [6.07, 6.45) is 5.10. The maximum absolute atomic E-state index is 11.3. The standard InChI is InChI=1S/C16H21N3O/c1-2-7-18-11-5-3-10-4-6-14-13(12(10)8-11)9-15(19-14)16(17)20/h4,6,11,18H,2-3,5,7-9H2,1H3,(H2,17,20). The molecule has 0 saturated carbocycles. The van der Waals surface area contributed by atoms with Crippen LogP contribution in [0.2, 0.25) is 0 Å². The second-order valence-electron chi connectivity index (χ2n) is 5.69. The van der Waals surface area contributed by atoms with Gasteiger partial charge < -0.3 is 11.1 Å². The van der Waals surface area contributed by atoms with Crippen molar-refractivity contribution < 1.29 is 4.79 Å². The summed E-state index contributed by atoms with van der Waals surface area (Å²) < 4.78 is 0. The van der Waals surface area contributed by atoms with Crippen LogP contribution in [0, 0.1) is 0 Å². The molecular weight excluding hydrogens is 250 g/mol. The Balaban J connectivity index is 1.85. The number of primary amides is 1. The molecule has 1 aliphatic heterocycles. The molecule has 1 atom stereocenters. The summed E-state index contributed by atoms with van der Waals surface area (Å²) in [7, 11) is 0. The smallest absolute Gasteiger partial charge is 0.263 e. The third-order valence-corrected chi connectivity index (χ3v) is 4.28. The fourth-order valence-electron chi connectivity index (χ4n) is 3.22. The zero-order valence-electron chi connectivity index (χ0n) is 11.9. The number of fused-ring (bicyclic) bond motifs is 3. The van der Waals surface area contributed by atoms with Crippen LogP contribution in [0.5, 0.6) is 0 Å². The highest BCUT2D eigenvalue weighted by atomic mass is 16.1. The number of carbonyl (C=O) groups excluding carboxylic acids is 1. The number of benzene rings is 1. The molecule has 1 aliphatic carbocycles. The van der Waals surface area contributed by atoms with E-state index in [-0.39, 0.29) is 0 Å². The van der Waals surface area contributed by atoms with Gasteiger partial charge in [0.15, 0.2) is 0 Å². The van der Waals surface area contributed by atoms with Crippen LogP contribution in [0.25, 0.3) is 0 Å². The van der Waals surface area contributed by atoms with Crippen LogP contribution in [0.3, 0.4) is 0 Å². The van der Waals surface area contributed by atoms with Gasteiger partial charge in [0.1, 0.15) is 5.71 Å². The van der Waals surface area contributed by atoms with Gasteiger partial charge in [-0.05, 0) is 55.0 Å². The van der Waals surface area contributed by atoms with Crippen molar-refractivity contribution in [1.29, 1.82) is 0 Å². The molecule has 1 aromatic carbocycles. The number of amides is 1. The summed E-state index contributed by atoms with van der Waals surface area (Å²) in [5.41, 5.74) is 10.8. The highest BCUT2D eigenvalue weighted by molar-refractivity contribution is 6.40. The number of hydrogen-bond acceptors (Lipinski definition) is 3. The number of aliphatic imine (C=N–C) groups is 1. The van der Waals surface area contributed by atoms with Gasteiger partial charge in [-0.3, -0.25) is 4.79 Å². The van der Waals surface area contributed by atoms with Gasteiger partial charge in [0.2, 0.25) is 0 Å². The monoisotopic (exact) mass is 271 g/mol. The first-order chi connectivity index (χ1) is 9.69. The molecule has 20 heavy (non-hydrogen) atoms. The van der Waals surface area contributed by atoms with Gasteiger partial charge in [0.05, 0.1) is 5.69 Å². The molecule has 3 rings (SSSR count). The summed E-state index contributed by atoms with van der Waals surface area (Å²) in [6.45, 7) is 3.26. The Hall–Kier alpha value is -1.68. The van der Waals surface area contributed by atoms with E-state index < -0.39 is 5.91 Å². The van der Waals surface area contributed by atoms with Crippen molar-refractivity contribution in [2.24, 2.45) is 10.7 Å². The Morgan fingerprint density at radius 2 is 2.30 bits per heavy atom. The van der Waals surface area contributed by atoms with Gasteiger partial charge in [0, 0.05) is 12.5 Å². The first-order valence-electron chi connectivity index (χ1n) is 7.43. The van der Waals surface area contributed by atoms with Crippen LogP contribution in [0.15, 0.2) is 17.1 Å². The average Bonchev–Trinajstić information content (AvgIpc) is 2.89. The lowest BCUT2D eigenvalue weighted by Crippen LogP contribution is -2.35. The lowest BCUT2D eigenvalue weighted by molar-refractivity contribution is -0.112. The number of nitrogens with zero attached hydrogens (tertiary/aromatic N) is 1. The number of hydrogen-bond donors (Lipinski definition) is 2. The zero-order chi connectivity index (χ0) is 14.1. The van der Waals surface area contributed by atoms with Gasteiger partial charge >= 0.3 is 0 Å². The maximum atomic E-state index is 11.3. The Kier molecular flexibility index (Phi) is 3.57. The van der Waals surface area contributed by atoms with Crippen LogP contribution in [-0.2, 0) is 24.1 Å². The molecule has 1 aromatic rings. The van der Waals surface area contributed by atoms with Crippen LogP contribution in [0.4, 0.5) is 5.69 Å². The van der Waals surface area contributed by atoms with Crippen LogP contribution >= 0.6 is 0 Å². The van der Waals surface area contributed by atoms with E-state index in [4.69, 9.17) is 5.73 Å². The van der Waals surface area contributed by atoms with E-state index in [0.29, 0.717) is 18.2 Å². The fourth-order valence-corrected chi connectivity index (χ4v) is 3.22. The molecular formula is C16H21N3O. The normalized spacial score (nSPS) is 20.2. The van der Waals surface area contributed by atoms with E-state index in [1.807, 2.05) is 6.07 Å². The lowest BCUT2D eigenvalue weighted by atomic mass is 9.84. The minimum Gasteiger partial charge on any atom is -0.365 e. The second-order valence-corrected chi connectivity index (χ2v) is 5.69. The average molecular weight is 271 g/mol. The number of nitrogens with one attached hydrogen (secondary N) is 1. The van der Waals surface area contributed by atoms with E-state index in [0.717, 1.165) is 31.5 Å². The van der Waals surface area contributed by atoms with E-state index in [1.165, 1.54) is 23.1 Å². The summed E-state index contributed by atoms with van der Waals surface area (Å²) in [6, 6.07) is 4.74. The number of carbonyl (C=O) groups is 1. The Morgan fingerprint density at radius 3 is 3.05 bits per heavy atom. The summed E-state index contributed by atoms with van der Waals surface area (Å²) >= 11 is 0. The van der Waals surface area contributed by atoms with Gasteiger partial charge in [-0.15, -0.1) is 0 Å². The molecule has 0 fully saturated rings. The first-order valence-corrected chi connectivity index (χ1v) is 7.43. The first kappa shape index (κ1) is 13.3. The molecule has 0 radical (unpaired) electrons. The molecule has 4 nitrogen and oxygen atoms in total. The maximum Gasteiger partial charge on any atom is 0.263 e. The van der Waals surface area contributed by atoms with E-state index >= 15 is 0 Å². The second kappa shape index (κ2) is 5.37. The van der Waals surface area contributed by atoms with Crippen LogP contribution in [-0.4, -0.2) is 24.2 Å². The van der Waals surface area contributed by atoms with Crippen molar-refractivity contribution in [2.75, 3.05) is 6.54 Å². The molecule has 0 spiro atoms. The van der Waals surface area contributed by atoms with Crippen molar-refractivity contribution in [3.63, 3.8) is 0 Å². The SMILES string of the molecule is CCCNC1CCc2ccc3c(c2C1)CC(C(N)=O)=N3. The summed E-state index contributed by atoms with van der Waals surface area (Å²) in [5, 5.41) is 3.61. The quantitative estimate of drug-likeness (QED) is 0.874. The van der Waals surface area contributed by atoms with Gasteiger partial charge in [-0.1, -0.05) is 13.0 Å². The van der Waals surface area contributed by atoms with Crippen molar-refractivity contribution in [3.8, 4) is 0 Å². The summed E-state index contributed by atoms with van der Waals surface area (Å²) in [5.74, 6) is -0.397. The Morgan fingerprint density at radius 1 is 1.45 bits per heavy atom. The zero-order valence-corrected chi connectivity index (χ0v) is 11.9. The van der Waals surface area contributed by atoms with Gasteiger partial charge in [-0.2, -0.15) is 0 Å². The van der Waals surface area contributed by atoms with Gasteiger partial charge in [-0.25, -0.2) is 4.99 Å². The predicted octanol–water partition coefficient (Wildman–Crippen LogP) is 1.66. The highest BCUT2D eigenvalue weighted by Gasteiger charge is 2.27. The molecule has 2 aliphatic rings. The third-order valence-electron chi connectivity index (χ3n) is 4.28. The third kappa shape index (κ3) is 2.36. The number of aryl methyl sites for hydroxylation is 1. The lowest BCUT2D eigenvalue weighted by Gasteiger charge is -2.27. The van der Waals surface area contributed by atoms with Crippen molar-refractivity contribution in [1.82, 2.24) is 5.32 Å². The van der Waals surface area contributed by atoms with E-state index in [2.05, 4.69) is 23.3 Å². The van der Waals surface area contributed by atoms with Crippen molar-refractivity contribution in [3.05, 3.63) is 28.8 Å². The highest BCUT2D eigenvalue weighted by Crippen LogP contribution is 2.35. The minimum absolute atomic E-state index is 0.397. The van der Waals surface area contributed by atoms with E-state index in [9.17, 15) is 4.79 Å². The molecule has 106 valence electrons. The van der Waals surface area contributed by atoms with Crippen molar-refractivity contribution in [2.45, 2.75) is 45.1 Å². The fraction of sp³-hybridized carbons (Fsp3) is 0.500. The molecule has 0 saturated heterocycles. The molecule has 1 amide bonds. The Labute approximate surface area is 119 Å². The molecule has 0 aromatic heterocycles. The predicted molar refractivity (Wildman–Crippen MR) is 80.5 cm³/mol. The van der Waals surface area contributed by atoms with Crippen LogP contribution in [0.1, 0.15) is 36.5 Å². The molecule has 1 unspecified atom stereocenters. The largest absolute Gasteiger partial charge is 0.365 e. The van der Waals surface area contributed by atoms with Gasteiger partial charge in [0.25, 0.3) is 5.91 Å². The molecule has 0 bridgehead atoms. The Bertz CT molecular complexity index is 577. The van der Waals surface area contributed by atoms with Crippen molar-refractivity contribution >= 4 is 17.3 Å². The molecule has 4 heteroatoms. The minimum atomic E-state index is -0.397. The summed E-state index contributed by atoms with van der Waals surface area (Å²) in [4.78, 5) is 15.7. The number of nitrogens with two attached hydrogens (primary N) is 1. The molecule has 1 heterocycles. The number of rotatable bonds is 4.